The first-order chi connectivity index (χ1) is 22.6. The zero-order chi connectivity index (χ0) is 35.1. The van der Waals surface area contributed by atoms with Gasteiger partial charge in [-0.1, -0.05) is 25.1 Å². The summed E-state index contributed by atoms with van der Waals surface area (Å²) in [6, 6.07) is 7.41. The molecule has 1 amide bonds. The van der Waals surface area contributed by atoms with Crippen LogP contribution in [-0.2, 0) is 18.3 Å². The molecule has 0 aliphatic rings. The van der Waals surface area contributed by atoms with E-state index in [-0.39, 0.29) is 17.4 Å². The highest BCUT2D eigenvalue weighted by atomic mass is 19.4. The van der Waals surface area contributed by atoms with Crippen LogP contribution in [0.25, 0.3) is 32.9 Å². The lowest BCUT2D eigenvalue weighted by Crippen LogP contribution is -2.43. The van der Waals surface area contributed by atoms with Crippen LogP contribution < -0.4 is 16.1 Å². The van der Waals surface area contributed by atoms with Crippen LogP contribution in [0.4, 0.5) is 32.0 Å². The highest BCUT2D eigenvalue weighted by Crippen LogP contribution is 2.32. The summed E-state index contributed by atoms with van der Waals surface area (Å²) >= 11 is 0. The van der Waals surface area contributed by atoms with Crippen LogP contribution in [-0.4, -0.2) is 44.8 Å². The summed E-state index contributed by atoms with van der Waals surface area (Å²) in [5, 5.41) is 14.6. The molecule has 0 radical (unpaired) electrons. The monoisotopic (exact) mass is 670 g/mol. The van der Waals surface area contributed by atoms with Gasteiger partial charge in [0.25, 0.3) is 5.91 Å². The van der Waals surface area contributed by atoms with Gasteiger partial charge < -0.3 is 20.3 Å². The predicted octanol–water partition coefficient (Wildman–Crippen LogP) is 6.66. The molecular formula is C34H28F6N4O4. The number of hydrogen-bond acceptors (Lipinski definition) is 5. The van der Waals surface area contributed by atoms with E-state index in [1.54, 1.807) is 36.7 Å². The number of amides is 1. The minimum Gasteiger partial charge on any atom is -0.480 e. The molecule has 0 bridgehead atoms. The second kappa shape index (κ2) is 13.0. The Morgan fingerprint density at radius 2 is 1.69 bits per heavy atom. The van der Waals surface area contributed by atoms with Gasteiger partial charge in [0, 0.05) is 47.4 Å². The van der Waals surface area contributed by atoms with Crippen molar-refractivity contribution >= 4 is 39.4 Å². The standard InChI is InChI=1S/C34H28F6N4O4/c1-4-27(34(38,39)40)42-19-14-23(36)29(24(37)15-19)32(46)43-25(33(47)48)12-17-7-9-21(30-20(17)6-5-11-41-30)28-16(2)44(3)26-10-8-18(35)13-22(26)31(28)45/h5-11,13-15,25,27,42H,4,12H2,1-3H3,(H,43,46)(H,47,48)/t25-,27+/m0/s1. The van der Waals surface area contributed by atoms with E-state index in [4.69, 9.17) is 0 Å². The van der Waals surface area contributed by atoms with Crippen molar-refractivity contribution < 1.29 is 41.0 Å². The van der Waals surface area contributed by atoms with Crippen molar-refractivity contribution in [1.29, 1.82) is 0 Å². The molecule has 0 saturated carbocycles. The Morgan fingerprint density at radius 1 is 1.00 bits per heavy atom. The molecule has 250 valence electrons. The lowest BCUT2D eigenvalue weighted by molar-refractivity contribution is -0.143. The number of carbonyl (C=O) groups is 2. The van der Waals surface area contributed by atoms with Gasteiger partial charge in [-0.05, 0) is 55.3 Å². The molecular weight excluding hydrogens is 642 g/mol. The molecule has 0 saturated heterocycles. The second-order valence-corrected chi connectivity index (χ2v) is 11.2. The van der Waals surface area contributed by atoms with E-state index in [1.165, 1.54) is 31.3 Å². The number of carboxylic acid groups (broad SMARTS) is 1. The molecule has 14 heteroatoms. The molecule has 0 unspecified atom stereocenters. The number of carboxylic acids is 1. The Morgan fingerprint density at radius 3 is 2.31 bits per heavy atom. The fourth-order valence-corrected chi connectivity index (χ4v) is 5.70. The maximum absolute atomic E-state index is 14.9. The van der Waals surface area contributed by atoms with Gasteiger partial charge in [-0.3, -0.25) is 14.6 Å². The molecule has 0 fully saturated rings. The number of nitrogens with zero attached hydrogens (tertiary/aromatic N) is 2. The summed E-state index contributed by atoms with van der Waals surface area (Å²) < 4.78 is 85.1. The normalized spacial score (nSPS) is 13.0. The molecule has 8 nitrogen and oxygen atoms in total. The van der Waals surface area contributed by atoms with Crippen LogP contribution in [0.2, 0.25) is 0 Å². The van der Waals surface area contributed by atoms with Crippen molar-refractivity contribution in [3.63, 3.8) is 0 Å². The fraction of sp³-hybridized carbons (Fsp3) is 0.235. The smallest absolute Gasteiger partial charge is 0.408 e. The number of benzene rings is 3. The molecule has 48 heavy (non-hydrogen) atoms. The summed E-state index contributed by atoms with van der Waals surface area (Å²) in [5.74, 6) is -6.56. The van der Waals surface area contributed by atoms with Crippen LogP contribution in [0.5, 0.6) is 0 Å². The number of alkyl halides is 3. The fourth-order valence-electron chi connectivity index (χ4n) is 5.70. The van der Waals surface area contributed by atoms with Crippen molar-refractivity contribution in [2.45, 2.75) is 44.9 Å². The minimum absolute atomic E-state index is 0.147. The van der Waals surface area contributed by atoms with Crippen LogP contribution >= 0.6 is 0 Å². The minimum atomic E-state index is -4.70. The first-order valence-corrected chi connectivity index (χ1v) is 14.6. The summed E-state index contributed by atoms with van der Waals surface area (Å²) in [4.78, 5) is 43.3. The third-order valence-electron chi connectivity index (χ3n) is 8.23. The number of hydrogen-bond donors (Lipinski definition) is 3. The highest BCUT2D eigenvalue weighted by molar-refractivity contribution is 6.00. The van der Waals surface area contributed by atoms with Gasteiger partial charge in [0.05, 0.1) is 16.6 Å². The maximum Gasteiger partial charge on any atom is 0.408 e. The molecule has 2 heterocycles. The molecule has 5 rings (SSSR count). The number of carbonyl (C=O) groups excluding carboxylic acids is 1. The second-order valence-electron chi connectivity index (χ2n) is 11.2. The Hall–Kier alpha value is -5.40. The van der Waals surface area contributed by atoms with E-state index in [1.807, 2.05) is 5.32 Å². The number of anilines is 1. The topological polar surface area (TPSA) is 113 Å². The van der Waals surface area contributed by atoms with Crippen LogP contribution in [0.15, 0.2) is 65.6 Å². The zero-order valence-corrected chi connectivity index (χ0v) is 25.7. The number of aromatic nitrogens is 2. The predicted molar refractivity (Wildman–Crippen MR) is 167 cm³/mol. The van der Waals surface area contributed by atoms with Crippen LogP contribution in [0, 0.1) is 24.4 Å². The zero-order valence-electron chi connectivity index (χ0n) is 25.7. The number of fused-ring (bicyclic) bond motifs is 2. The van der Waals surface area contributed by atoms with Gasteiger partial charge in [-0.25, -0.2) is 18.0 Å². The van der Waals surface area contributed by atoms with Gasteiger partial charge in [-0.2, -0.15) is 13.2 Å². The first-order valence-electron chi connectivity index (χ1n) is 14.6. The number of aryl methyl sites for hydroxylation is 1. The summed E-state index contributed by atoms with van der Waals surface area (Å²) in [6.07, 6.45) is -4.05. The van der Waals surface area contributed by atoms with Gasteiger partial charge in [-0.15, -0.1) is 0 Å². The van der Waals surface area contributed by atoms with E-state index in [0.29, 0.717) is 45.4 Å². The summed E-state index contributed by atoms with van der Waals surface area (Å²) in [7, 11) is 1.73. The van der Waals surface area contributed by atoms with Crippen LogP contribution in [0.1, 0.15) is 35.0 Å². The molecule has 2 aromatic heterocycles. The summed E-state index contributed by atoms with van der Waals surface area (Å²) in [6.45, 7) is 2.95. The van der Waals surface area contributed by atoms with Gasteiger partial charge >= 0.3 is 12.1 Å². The van der Waals surface area contributed by atoms with Gasteiger partial charge in [0.2, 0.25) is 0 Å². The SMILES string of the molecule is CC[C@@H](Nc1cc(F)c(C(=O)N[C@@H](Cc2ccc(-c3c(C)n(C)c4ccc(F)cc4c3=O)c3ncccc23)C(=O)O)c(F)c1)C(F)(F)F. The van der Waals surface area contributed by atoms with Crippen molar-refractivity contribution in [3.8, 4) is 11.1 Å². The van der Waals surface area contributed by atoms with Crippen LogP contribution in [0.3, 0.4) is 0 Å². The quantitative estimate of drug-likeness (QED) is 0.151. The third kappa shape index (κ3) is 6.42. The van der Waals surface area contributed by atoms with Crippen molar-refractivity contribution in [1.82, 2.24) is 14.9 Å². The van der Waals surface area contributed by atoms with E-state index in [0.717, 1.165) is 6.07 Å². The lowest BCUT2D eigenvalue weighted by atomic mass is 9.93. The molecule has 3 aromatic carbocycles. The third-order valence-corrected chi connectivity index (χ3v) is 8.23. The van der Waals surface area contributed by atoms with Crippen molar-refractivity contribution in [3.05, 3.63) is 105 Å². The number of pyridine rings is 2. The van der Waals surface area contributed by atoms with E-state index < -0.39 is 70.7 Å². The molecule has 0 spiro atoms. The molecule has 3 N–H and O–H groups in total. The van der Waals surface area contributed by atoms with Gasteiger partial charge in [0.1, 0.15) is 35.1 Å². The number of halogens is 6. The number of rotatable bonds is 9. The van der Waals surface area contributed by atoms with Crippen molar-refractivity contribution in [2.75, 3.05) is 5.32 Å². The average Bonchev–Trinajstić information content (AvgIpc) is 3.02. The Kier molecular flexibility index (Phi) is 9.20. The average molecular weight is 671 g/mol. The first kappa shape index (κ1) is 33.9. The molecule has 0 aliphatic heterocycles. The largest absolute Gasteiger partial charge is 0.480 e. The molecule has 2 atom stereocenters. The lowest BCUT2D eigenvalue weighted by Gasteiger charge is -2.22. The maximum atomic E-state index is 14.9. The van der Waals surface area contributed by atoms with Gasteiger partial charge in [0.15, 0.2) is 5.43 Å². The molecule has 5 aromatic rings. The van der Waals surface area contributed by atoms with E-state index in [9.17, 15) is 45.8 Å². The van der Waals surface area contributed by atoms with E-state index in [2.05, 4.69) is 10.3 Å². The Labute approximate surface area is 269 Å². The Balaban J connectivity index is 1.49. The molecule has 0 aliphatic carbocycles. The highest BCUT2D eigenvalue weighted by Gasteiger charge is 2.38. The number of nitrogens with one attached hydrogen (secondary N) is 2. The Bertz CT molecular complexity index is 2120. The van der Waals surface area contributed by atoms with Crippen molar-refractivity contribution in [2.24, 2.45) is 7.05 Å². The number of aliphatic carboxylic acids is 1. The van der Waals surface area contributed by atoms with E-state index >= 15 is 0 Å². The summed E-state index contributed by atoms with van der Waals surface area (Å²) in [5.41, 5.74) is 0.213.